The Balaban J connectivity index is 2.11. The van der Waals surface area contributed by atoms with Crippen molar-refractivity contribution in [1.82, 2.24) is 5.32 Å². The topological polar surface area (TPSA) is 21.3 Å². The van der Waals surface area contributed by atoms with Gasteiger partial charge in [0, 0.05) is 6.61 Å². The normalized spacial score (nSPS) is 22.4. The Bertz CT molecular complexity index is 381. The minimum Gasteiger partial charge on any atom is -0.376 e. The quantitative estimate of drug-likeness (QED) is 0.830. The molecule has 0 amide bonds. The van der Waals surface area contributed by atoms with E-state index in [1.165, 1.54) is 36.8 Å². The summed E-state index contributed by atoms with van der Waals surface area (Å²) in [5, 5.41) is 3.61. The first kappa shape index (κ1) is 15.5. The number of likely N-dealkylation sites (N-methyl/N-ethyl adjacent to an activating group) is 1. The largest absolute Gasteiger partial charge is 0.376 e. The van der Waals surface area contributed by atoms with Crippen LogP contribution in [0.3, 0.4) is 0 Å². The molecule has 112 valence electrons. The predicted octanol–water partition coefficient (Wildman–Crippen LogP) is 4.42. The van der Waals surface area contributed by atoms with Gasteiger partial charge in [-0.25, -0.2) is 0 Å². The van der Waals surface area contributed by atoms with Crippen LogP contribution in [0.25, 0.3) is 0 Å². The van der Waals surface area contributed by atoms with Gasteiger partial charge in [0.05, 0.1) is 12.1 Å². The number of hydrogen-bond donors (Lipinski definition) is 1. The van der Waals surface area contributed by atoms with Crippen LogP contribution >= 0.6 is 0 Å². The van der Waals surface area contributed by atoms with Gasteiger partial charge in [-0.3, -0.25) is 0 Å². The summed E-state index contributed by atoms with van der Waals surface area (Å²) in [5.74, 6) is 0.646. The fraction of sp³-hybridized carbons (Fsp3) is 0.667. The molecule has 1 N–H and O–H groups in total. The van der Waals surface area contributed by atoms with Crippen molar-refractivity contribution < 1.29 is 4.74 Å². The van der Waals surface area contributed by atoms with E-state index in [2.05, 4.69) is 50.4 Å². The number of ether oxygens (including phenoxy) is 1. The highest BCUT2D eigenvalue weighted by Crippen LogP contribution is 2.28. The van der Waals surface area contributed by atoms with Crippen LogP contribution in [0.1, 0.15) is 69.5 Å². The maximum absolute atomic E-state index is 5.98. The van der Waals surface area contributed by atoms with Crippen LogP contribution < -0.4 is 5.32 Å². The van der Waals surface area contributed by atoms with Crippen molar-refractivity contribution in [2.24, 2.45) is 0 Å². The summed E-state index contributed by atoms with van der Waals surface area (Å²) in [5.41, 5.74) is 2.81. The van der Waals surface area contributed by atoms with Crippen LogP contribution in [0, 0.1) is 0 Å². The average Bonchev–Trinajstić information content (AvgIpc) is 2.53. The molecule has 0 saturated carbocycles. The van der Waals surface area contributed by atoms with Gasteiger partial charge in [-0.15, -0.1) is 0 Å². The molecule has 0 aliphatic carbocycles. The zero-order valence-electron chi connectivity index (χ0n) is 13.2. The van der Waals surface area contributed by atoms with Gasteiger partial charge in [-0.1, -0.05) is 45.0 Å². The van der Waals surface area contributed by atoms with Crippen molar-refractivity contribution in [2.75, 3.05) is 13.2 Å². The van der Waals surface area contributed by atoms with E-state index in [9.17, 15) is 0 Å². The number of benzene rings is 1. The summed E-state index contributed by atoms with van der Waals surface area (Å²) in [6.07, 6.45) is 5.20. The van der Waals surface area contributed by atoms with Crippen LogP contribution in [0.4, 0.5) is 0 Å². The highest BCUT2D eigenvalue weighted by molar-refractivity contribution is 5.28. The fourth-order valence-electron chi connectivity index (χ4n) is 2.98. The fourth-order valence-corrected chi connectivity index (χ4v) is 2.98. The van der Waals surface area contributed by atoms with Crippen molar-refractivity contribution in [3.05, 3.63) is 35.4 Å². The van der Waals surface area contributed by atoms with Crippen molar-refractivity contribution in [2.45, 2.75) is 64.5 Å². The molecule has 1 aromatic carbocycles. The van der Waals surface area contributed by atoms with Crippen molar-refractivity contribution >= 4 is 0 Å². The first-order valence-corrected chi connectivity index (χ1v) is 8.21. The molecule has 20 heavy (non-hydrogen) atoms. The van der Waals surface area contributed by atoms with E-state index in [4.69, 9.17) is 4.74 Å². The minimum atomic E-state index is 0.332. The maximum Gasteiger partial charge on any atom is 0.0769 e. The maximum atomic E-state index is 5.98. The molecule has 1 heterocycles. The second-order valence-corrected chi connectivity index (χ2v) is 5.92. The van der Waals surface area contributed by atoms with Gasteiger partial charge in [0.2, 0.25) is 0 Å². The summed E-state index contributed by atoms with van der Waals surface area (Å²) >= 11 is 0. The molecule has 2 heteroatoms. The molecule has 0 aromatic heterocycles. The van der Waals surface area contributed by atoms with Crippen LogP contribution in [0.15, 0.2) is 24.3 Å². The van der Waals surface area contributed by atoms with Crippen LogP contribution in [0.5, 0.6) is 0 Å². The first-order chi connectivity index (χ1) is 9.76. The van der Waals surface area contributed by atoms with Gasteiger partial charge >= 0.3 is 0 Å². The monoisotopic (exact) mass is 275 g/mol. The third kappa shape index (κ3) is 3.83. The zero-order valence-corrected chi connectivity index (χ0v) is 13.2. The van der Waals surface area contributed by atoms with Crippen molar-refractivity contribution in [3.63, 3.8) is 0 Å². The van der Waals surface area contributed by atoms with E-state index < -0.39 is 0 Å². The molecule has 0 spiro atoms. The Labute approximate surface area is 123 Å². The summed E-state index contributed by atoms with van der Waals surface area (Å²) < 4.78 is 5.98. The molecule has 1 aromatic rings. The van der Waals surface area contributed by atoms with E-state index in [0.717, 1.165) is 13.2 Å². The third-order valence-electron chi connectivity index (χ3n) is 4.49. The van der Waals surface area contributed by atoms with Crippen LogP contribution in [-0.2, 0) is 4.74 Å². The number of hydrogen-bond acceptors (Lipinski definition) is 2. The minimum absolute atomic E-state index is 0.332. The molecule has 1 fully saturated rings. The molecular formula is C18H29NO. The molecule has 3 atom stereocenters. The molecule has 1 saturated heterocycles. The lowest BCUT2D eigenvalue weighted by Crippen LogP contribution is -2.35. The highest BCUT2D eigenvalue weighted by Gasteiger charge is 2.25. The van der Waals surface area contributed by atoms with Crippen molar-refractivity contribution in [1.29, 1.82) is 0 Å². The lowest BCUT2D eigenvalue weighted by Gasteiger charge is -2.31. The summed E-state index contributed by atoms with van der Waals surface area (Å²) in [6, 6.07) is 9.48. The predicted molar refractivity (Wildman–Crippen MR) is 85.2 cm³/mol. The van der Waals surface area contributed by atoms with Gasteiger partial charge in [0.25, 0.3) is 0 Å². The van der Waals surface area contributed by atoms with Gasteiger partial charge in [-0.05, 0) is 49.3 Å². The van der Waals surface area contributed by atoms with E-state index in [0.29, 0.717) is 18.1 Å². The molecule has 0 bridgehead atoms. The van der Waals surface area contributed by atoms with E-state index in [1.54, 1.807) is 0 Å². The Morgan fingerprint density at radius 2 is 1.85 bits per heavy atom. The average molecular weight is 275 g/mol. The molecule has 0 radical (unpaired) electrons. The molecule has 2 rings (SSSR count). The second-order valence-electron chi connectivity index (χ2n) is 5.92. The summed E-state index contributed by atoms with van der Waals surface area (Å²) in [6.45, 7) is 8.61. The third-order valence-corrected chi connectivity index (χ3v) is 4.49. The van der Waals surface area contributed by atoms with E-state index in [-0.39, 0.29) is 0 Å². The lowest BCUT2D eigenvalue weighted by atomic mass is 9.92. The Morgan fingerprint density at radius 1 is 1.15 bits per heavy atom. The smallest absolute Gasteiger partial charge is 0.0769 e. The Hall–Kier alpha value is -0.860. The lowest BCUT2D eigenvalue weighted by molar-refractivity contribution is -0.00786. The van der Waals surface area contributed by atoms with Gasteiger partial charge in [-0.2, -0.15) is 0 Å². The molecule has 3 unspecified atom stereocenters. The molecular weight excluding hydrogens is 246 g/mol. The Kier molecular flexibility index (Phi) is 6.06. The Morgan fingerprint density at radius 3 is 2.40 bits per heavy atom. The SMILES string of the molecule is CCNC(c1ccc(C(C)CC)cc1)C1CCCCO1. The molecule has 2 nitrogen and oxygen atoms in total. The van der Waals surface area contributed by atoms with Gasteiger partial charge in [0.1, 0.15) is 0 Å². The molecule has 1 aliphatic heterocycles. The number of nitrogens with one attached hydrogen (secondary N) is 1. The second kappa shape index (κ2) is 7.80. The van der Waals surface area contributed by atoms with E-state index >= 15 is 0 Å². The van der Waals surface area contributed by atoms with Crippen LogP contribution in [-0.4, -0.2) is 19.3 Å². The summed E-state index contributed by atoms with van der Waals surface area (Å²) in [7, 11) is 0. The first-order valence-electron chi connectivity index (χ1n) is 8.21. The zero-order chi connectivity index (χ0) is 14.4. The van der Waals surface area contributed by atoms with Crippen LogP contribution in [0.2, 0.25) is 0 Å². The van der Waals surface area contributed by atoms with Crippen molar-refractivity contribution in [3.8, 4) is 0 Å². The van der Waals surface area contributed by atoms with Gasteiger partial charge < -0.3 is 10.1 Å². The summed E-state index contributed by atoms with van der Waals surface area (Å²) in [4.78, 5) is 0. The van der Waals surface area contributed by atoms with Gasteiger partial charge in [0.15, 0.2) is 0 Å². The standard InChI is InChI=1S/C18H29NO/c1-4-14(3)15-9-11-16(12-10-15)18(19-5-2)17-8-6-7-13-20-17/h9-12,14,17-19H,4-8,13H2,1-3H3. The highest BCUT2D eigenvalue weighted by atomic mass is 16.5. The molecule has 1 aliphatic rings. The van der Waals surface area contributed by atoms with E-state index in [1.807, 2.05) is 0 Å². The number of rotatable bonds is 6.